The van der Waals surface area contributed by atoms with Gasteiger partial charge in [0.25, 0.3) is 0 Å². The Bertz CT molecular complexity index is 119. The first-order chi connectivity index (χ1) is 4.57. The van der Waals surface area contributed by atoms with E-state index in [4.69, 9.17) is 5.73 Å². The van der Waals surface area contributed by atoms with Crippen molar-refractivity contribution in [2.45, 2.75) is 33.2 Å². The molecule has 0 unspecified atom stereocenters. The van der Waals surface area contributed by atoms with E-state index in [0.29, 0.717) is 15.8 Å². The van der Waals surface area contributed by atoms with E-state index < -0.39 is 0 Å². The first kappa shape index (κ1) is 10.2. The van der Waals surface area contributed by atoms with E-state index in [1.165, 1.54) is 0 Å². The van der Waals surface area contributed by atoms with Crippen LogP contribution in [0.4, 0.5) is 0 Å². The van der Waals surface area contributed by atoms with E-state index in [2.05, 4.69) is 25.8 Å². The van der Waals surface area contributed by atoms with Crippen LogP contribution in [-0.2, 0) is 0 Å². The van der Waals surface area contributed by atoms with Gasteiger partial charge in [0, 0.05) is 0 Å². The Morgan fingerprint density at radius 1 is 1.60 bits per heavy atom. The Labute approximate surface area is 76.4 Å². The monoisotopic (exact) mass is 254 g/mol. The Balaban J connectivity index is 3.83. The normalized spacial score (nSPS) is 18.6. The quantitative estimate of drug-likeness (QED) is 0.356. The van der Waals surface area contributed by atoms with Crippen LogP contribution >= 0.6 is 22.6 Å². The predicted octanol–water partition coefficient (Wildman–Crippen LogP) is 2.17. The van der Waals surface area contributed by atoms with Crippen LogP contribution < -0.4 is 5.73 Å². The molecule has 2 nitrogen and oxygen atoms in total. The highest BCUT2D eigenvalue weighted by molar-refractivity contribution is 14.1. The van der Waals surface area contributed by atoms with Crippen LogP contribution in [0.5, 0.6) is 0 Å². The molecule has 60 valence electrons. The zero-order valence-electron chi connectivity index (χ0n) is 6.76. The SMILES string of the molecule is CC[C@@H](C)[C@@H](C)N=C(N)I. The highest BCUT2D eigenvalue weighted by atomic mass is 127. The molecule has 0 aromatic rings. The summed E-state index contributed by atoms with van der Waals surface area (Å²) in [6.07, 6.45) is 1.16. The van der Waals surface area contributed by atoms with Gasteiger partial charge in [0.15, 0.2) is 3.84 Å². The fraction of sp³-hybridized carbons (Fsp3) is 0.857. The van der Waals surface area contributed by atoms with Crippen LogP contribution in [0.15, 0.2) is 4.99 Å². The summed E-state index contributed by atoms with van der Waals surface area (Å²) >= 11 is 2.04. The Morgan fingerprint density at radius 3 is 2.40 bits per heavy atom. The lowest BCUT2D eigenvalue weighted by Gasteiger charge is -2.12. The maximum atomic E-state index is 5.42. The number of hydrogen-bond donors (Lipinski definition) is 1. The summed E-state index contributed by atoms with van der Waals surface area (Å²) in [6.45, 7) is 6.45. The van der Waals surface area contributed by atoms with E-state index in [9.17, 15) is 0 Å². The summed E-state index contributed by atoms with van der Waals surface area (Å²) in [5.74, 6) is 0.633. The molecule has 0 saturated heterocycles. The average molecular weight is 254 g/mol. The summed E-state index contributed by atoms with van der Waals surface area (Å²) in [6, 6.07) is 0.363. The molecule has 0 amide bonds. The minimum Gasteiger partial charge on any atom is -0.379 e. The van der Waals surface area contributed by atoms with E-state index in [-0.39, 0.29) is 0 Å². The van der Waals surface area contributed by atoms with Gasteiger partial charge in [-0.05, 0) is 35.4 Å². The molecule has 0 radical (unpaired) electrons. The van der Waals surface area contributed by atoms with Crippen molar-refractivity contribution in [1.29, 1.82) is 0 Å². The molecule has 0 saturated carbocycles. The van der Waals surface area contributed by atoms with Crippen molar-refractivity contribution in [2.24, 2.45) is 16.6 Å². The van der Waals surface area contributed by atoms with Crippen molar-refractivity contribution in [1.82, 2.24) is 0 Å². The van der Waals surface area contributed by atoms with Gasteiger partial charge >= 0.3 is 0 Å². The Kier molecular flexibility index (Phi) is 5.03. The highest BCUT2D eigenvalue weighted by Gasteiger charge is 2.07. The number of aliphatic imine (C=N–C) groups is 1. The molecule has 2 atom stereocenters. The maximum absolute atomic E-state index is 5.42. The van der Waals surface area contributed by atoms with Crippen LogP contribution in [-0.4, -0.2) is 9.88 Å². The van der Waals surface area contributed by atoms with Crippen molar-refractivity contribution in [3.8, 4) is 0 Å². The minimum atomic E-state index is 0.363. The minimum absolute atomic E-state index is 0.363. The summed E-state index contributed by atoms with van der Waals surface area (Å²) < 4.78 is 0.658. The second kappa shape index (κ2) is 4.93. The third-order valence-electron chi connectivity index (χ3n) is 1.79. The fourth-order valence-electron chi connectivity index (χ4n) is 0.663. The molecule has 0 aliphatic heterocycles. The molecule has 0 fully saturated rings. The van der Waals surface area contributed by atoms with Crippen LogP contribution in [0.2, 0.25) is 0 Å². The molecule has 0 heterocycles. The molecule has 0 rings (SSSR count). The second-order valence-electron chi connectivity index (χ2n) is 2.58. The first-order valence-corrected chi connectivity index (χ1v) is 4.64. The van der Waals surface area contributed by atoms with Crippen molar-refractivity contribution in [2.75, 3.05) is 0 Å². The predicted molar refractivity (Wildman–Crippen MR) is 54.6 cm³/mol. The molecule has 0 aromatic carbocycles. The van der Waals surface area contributed by atoms with E-state index in [1.54, 1.807) is 0 Å². The number of hydrogen-bond acceptors (Lipinski definition) is 1. The van der Waals surface area contributed by atoms with Gasteiger partial charge in [-0.2, -0.15) is 0 Å². The fourth-order valence-corrected chi connectivity index (χ4v) is 1.10. The van der Waals surface area contributed by atoms with E-state index >= 15 is 0 Å². The molecular weight excluding hydrogens is 239 g/mol. The number of nitrogens with zero attached hydrogens (tertiary/aromatic N) is 1. The van der Waals surface area contributed by atoms with Gasteiger partial charge in [0.2, 0.25) is 0 Å². The summed E-state index contributed by atoms with van der Waals surface area (Å²) in [5.41, 5.74) is 5.42. The lowest BCUT2D eigenvalue weighted by molar-refractivity contribution is 0.473. The summed E-state index contributed by atoms with van der Waals surface area (Å²) in [4.78, 5) is 4.23. The zero-order chi connectivity index (χ0) is 8.15. The topological polar surface area (TPSA) is 38.4 Å². The van der Waals surface area contributed by atoms with Crippen molar-refractivity contribution in [3.05, 3.63) is 0 Å². The highest BCUT2D eigenvalue weighted by Crippen LogP contribution is 2.10. The number of rotatable bonds is 3. The van der Waals surface area contributed by atoms with Gasteiger partial charge in [0.05, 0.1) is 6.04 Å². The molecule has 3 heteroatoms. The molecule has 0 aromatic heterocycles. The van der Waals surface area contributed by atoms with Crippen LogP contribution in [0.3, 0.4) is 0 Å². The Hall–Kier alpha value is 0.200. The van der Waals surface area contributed by atoms with Crippen molar-refractivity contribution >= 4 is 26.4 Å². The van der Waals surface area contributed by atoms with Gasteiger partial charge in [-0.15, -0.1) is 0 Å². The van der Waals surface area contributed by atoms with Crippen LogP contribution in [0.25, 0.3) is 0 Å². The number of amidine groups is 1. The Morgan fingerprint density at radius 2 is 2.10 bits per heavy atom. The third kappa shape index (κ3) is 4.09. The van der Waals surface area contributed by atoms with Gasteiger partial charge in [-0.25, -0.2) is 0 Å². The van der Waals surface area contributed by atoms with Crippen molar-refractivity contribution < 1.29 is 0 Å². The summed E-state index contributed by atoms with van der Waals surface area (Å²) in [7, 11) is 0. The average Bonchev–Trinajstić information content (AvgIpc) is 1.85. The first-order valence-electron chi connectivity index (χ1n) is 3.56. The molecule has 10 heavy (non-hydrogen) atoms. The standard InChI is InChI=1S/C7H15IN2/c1-4-5(2)6(3)10-7(8)9/h5-6H,4H2,1-3H3,(H2,9,10)/t5-,6-/m1/s1. The van der Waals surface area contributed by atoms with Crippen LogP contribution in [0.1, 0.15) is 27.2 Å². The van der Waals surface area contributed by atoms with Gasteiger partial charge in [-0.1, -0.05) is 20.3 Å². The maximum Gasteiger partial charge on any atom is 0.157 e. The van der Waals surface area contributed by atoms with Crippen LogP contribution in [0, 0.1) is 5.92 Å². The largest absolute Gasteiger partial charge is 0.379 e. The lowest BCUT2D eigenvalue weighted by atomic mass is 10.0. The van der Waals surface area contributed by atoms with E-state index in [1.807, 2.05) is 22.6 Å². The molecule has 0 bridgehead atoms. The third-order valence-corrected chi connectivity index (χ3v) is 2.07. The zero-order valence-corrected chi connectivity index (χ0v) is 8.92. The molecule has 0 aliphatic rings. The van der Waals surface area contributed by atoms with Gasteiger partial charge < -0.3 is 5.73 Å². The van der Waals surface area contributed by atoms with Gasteiger partial charge in [-0.3, -0.25) is 4.99 Å². The number of nitrogens with two attached hydrogens (primary N) is 1. The lowest BCUT2D eigenvalue weighted by Crippen LogP contribution is -2.14. The number of halogens is 1. The van der Waals surface area contributed by atoms with Gasteiger partial charge in [0.1, 0.15) is 0 Å². The molecule has 2 N–H and O–H groups in total. The summed E-state index contributed by atoms with van der Waals surface area (Å²) in [5, 5.41) is 0. The molecule has 0 aliphatic carbocycles. The second-order valence-corrected chi connectivity index (χ2v) is 3.68. The molecular formula is C7H15IN2. The van der Waals surface area contributed by atoms with E-state index in [0.717, 1.165) is 6.42 Å². The smallest absolute Gasteiger partial charge is 0.157 e. The molecule has 0 spiro atoms. The van der Waals surface area contributed by atoms with Crippen molar-refractivity contribution in [3.63, 3.8) is 0 Å².